The average molecular weight is 355 g/mol. The van der Waals surface area contributed by atoms with E-state index in [2.05, 4.69) is 12.2 Å². The monoisotopic (exact) mass is 355 g/mol. The first-order valence-corrected chi connectivity index (χ1v) is 9.69. The van der Waals surface area contributed by atoms with Crippen molar-refractivity contribution < 1.29 is 14.3 Å². The van der Waals surface area contributed by atoms with E-state index in [1.807, 2.05) is 50.2 Å². The maximum Gasteiger partial charge on any atom is 0.256 e. The van der Waals surface area contributed by atoms with Crippen LogP contribution < -0.4 is 10.1 Å². The molecule has 0 spiro atoms. The van der Waals surface area contributed by atoms with Crippen LogP contribution in [0.3, 0.4) is 0 Å². The minimum Gasteiger partial charge on any atom is -0.493 e. The molecule has 1 fully saturated rings. The Bertz CT molecular complexity index is 769. The molecule has 1 saturated carbocycles. The molecule has 0 saturated heterocycles. The highest BCUT2D eigenvalue weighted by atomic mass is 16.5. The molecule has 140 valence electrons. The number of amides is 1. The second kappa shape index (κ2) is 8.09. The van der Waals surface area contributed by atoms with Gasteiger partial charge in [0.25, 0.3) is 5.91 Å². The molecule has 1 aliphatic carbocycles. The lowest BCUT2D eigenvalue weighted by Crippen LogP contribution is -2.48. The second-order valence-electron chi connectivity index (χ2n) is 7.17. The van der Waals surface area contributed by atoms with Crippen molar-refractivity contribution in [1.29, 1.82) is 0 Å². The van der Waals surface area contributed by atoms with Gasteiger partial charge in [0.05, 0.1) is 6.61 Å². The van der Waals surface area contributed by atoms with Gasteiger partial charge in [-0.2, -0.15) is 0 Å². The van der Waals surface area contributed by atoms with Gasteiger partial charge in [0.2, 0.25) is 0 Å². The van der Waals surface area contributed by atoms with E-state index in [1.54, 1.807) is 0 Å². The van der Waals surface area contributed by atoms with E-state index in [0.717, 1.165) is 47.9 Å². The molecule has 1 amide bonds. The molecule has 4 nitrogen and oxygen atoms in total. The lowest BCUT2D eigenvalue weighted by atomic mass is 9.78. The largest absolute Gasteiger partial charge is 0.493 e. The van der Waals surface area contributed by atoms with Crippen LogP contribution in [0, 0.1) is 5.92 Å². The number of fused-ring (bicyclic) bond motifs is 1. The summed E-state index contributed by atoms with van der Waals surface area (Å²) >= 11 is 0. The number of carbonyl (C=O) groups is 1. The van der Waals surface area contributed by atoms with Gasteiger partial charge in [-0.05, 0) is 51.2 Å². The molecule has 4 heteroatoms. The highest BCUT2D eigenvalue weighted by Crippen LogP contribution is 2.37. The summed E-state index contributed by atoms with van der Waals surface area (Å²) in [4.78, 5) is 13.2. The van der Waals surface area contributed by atoms with Crippen LogP contribution in [0.2, 0.25) is 0 Å². The van der Waals surface area contributed by atoms with E-state index in [9.17, 15) is 4.79 Å². The zero-order valence-corrected chi connectivity index (χ0v) is 16.0. The quantitative estimate of drug-likeness (QED) is 0.778. The molecular weight excluding hydrogens is 326 g/mol. The van der Waals surface area contributed by atoms with E-state index >= 15 is 0 Å². The van der Waals surface area contributed by atoms with Crippen LogP contribution in [0.25, 0.3) is 10.8 Å². The molecule has 1 aliphatic rings. The van der Waals surface area contributed by atoms with E-state index in [4.69, 9.17) is 9.47 Å². The number of benzene rings is 2. The van der Waals surface area contributed by atoms with Gasteiger partial charge in [-0.25, -0.2) is 0 Å². The summed E-state index contributed by atoms with van der Waals surface area (Å²) in [5, 5.41) is 5.15. The first kappa shape index (κ1) is 18.7. The molecule has 0 radical (unpaired) electrons. The van der Waals surface area contributed by atoms with Crippen LogP contribution in [0.1, 0.15) is 46.5 Å². The van der Waals surface area contributed by atoms with E-state index in [1.165, 1.54) is 0 Å². The van der Waals surface area contributed by atoms with Gasteiger partial charge in [-0.1, -0.05) is 37.6 Å². The van der Waals surface area contributed by atoms with Gasteiger partial charge in [0.1, 0.15) is 11.4 Å². The standard InChI is InChI=1S/C22H29NO3/c1-4-25-20-13-12-19(17-10-6-7-11-18(17)20)23-21(24)22(26-5-2)14-8-9-16(3)15-22/h6-7,10-13,16H,4-5,8-9,14-15H2,1-3H3,(H,23,24). The zero-order valence-electron chi connectivity index (χ0n) is 16.0. The van der Waals surface area contributed by atoms with Crippen molar-refractivity contribution in [2.45, 2.75) is 52.1 Å². The molecule has 2 aromatic carbocycles. The first-order chi connectivity index (χ1) is 12.6. The lowest BCUT2D eigenvalue weighted by Gasteiger charge is -2.38. The van der Waals surface area contributed by atoms with Crippen molar-refractivity contribution in [3.05, 3.63) is 36.4 Å². The van der Waals surface area contributed by atoms with Crippen LogP contribution in [0.5, 0.6) is 5.75 Å². The minimum absolute atomic E-state index is 0.0276. The Hall–Kier alpha value is -2.07. The fraction of sp³-hybridized carbons (Fsp3) is 0.500. The third-order valence-electron chi connectivity index (χ3n) is 5.22. The van der Waals surface area contributed by atoms with Gasteiger partial charge in [0, 0.05) is 23.1 Å². The van der Waals surface area contributed by atoms with Crippen molar-refractivity contribution in [2.24, 2.45) is 5.92 Å². The molecule has 26 heavy (non-hydrogen) atoms. The number of rotatable bonds is 6. The summed E-state index contributed by atoms with van der Waals surface area (Å²) < 4.78 is 11.7. The minimum atomic E-state index is -0.716. The van der Waals surface area contributed by atoms with Crippen LogP contribution in [0.4, 0.5) is 5.69 Å². The third-order valence-corrected chi connectivity index (χ3v) is 5.22. The normalized spacial score (nSPS) is 23.0. The maximum atomic E-state index is 13.2. The Kier molecular flexibility index (Phi) is 5.82. The summed E-state index contributed by atoms with van der Waals surface area (Å²) in [6, 6.07) is 11.9. The van der Waals surface area contributed by atoms with Crippen LogP contribution in [0.15, 0.2) is 36.4 Å². The van der Waals surface area contributed by atoms with Gasteiger partial charge in [-0.3, -0.25) is 4.79 Å². The molecule has 0 aromatic heterocycles. The first-order valence-electron chi connectivity index (χ1n) is 9.69. The van der Waals surface area contributed by atoms with Crippen molar-refractivity contribution in [3.8, 4) is 5.75 Å². The highest BCUT2D eigenvalue weighted by Gasteiger charge is 2.42. The summed E-state index contributed by atoms with van der Waals surface area (Å²) in [5.41, 5.74) is 0.0953. The number of ether oxygens (including phenoxy) is 2. The zero-order chi connectivity index (χ0) is 18.6. The van der Waals surface area contributed by atoms with Crippen molar-refractivity contribution >= 4 is 22.4 Å². The number of hydrogen-bond donors (Lipinski definition) is 1. The van der Waals surface area contributed by atoms with Gasteiger partial charge >= 0.3 is 0 Å². The Labute approximate surface area is 155 Å². The Morgan fingerprint density at radius 1 is 1.15 bits per heavy atom. The maximum absolute atomic E-state index is 13.2. The van der Waals surface area contributed by atoms with Crippen LogP contribution in [-0.4, -0.2) is 24.7 Å². The molecule has 0 heterocycles. The Balaban J connectivity index is 1.92. The van der Waals surface area contributed by atoms with Crippen molar-refractivity contribution in [1.82, 2.24) is 0 Å². The van der Waals surface area contributed by atoms with Crippen molar-refractivity contribution in [3.63, 3.8) is 0 Å². The summed E-state index contributed by atoms with van der Waals surface area (Å²) in [5.74, 6) is 1.31. The van der Waals surface area contributed by atoms with Crippen LogP contribution >= 0.6 is 0 Å². The Morgan fingerprint density at radius 3 is 2.62 bits per heavy atom. The van der Waals surface area contributed by atoms with E-state index < -0.39 is 5.60 Å². The summed E-state index contributed by atoms with van der Waals surface area (Å²) in [7, 11) is 0. The topological polar surface area (TPSA) is 47.6 Å². The molecule has 0 aliphatic heterocycles. The number of hydrogen-bond acceptors (Lipinski definition) is 3. The predicted molar refractivity (Wildman–Crippen MR) is 106 cm³/mol. The molecule has 2 unspecified atom stereocenters. The molecule has 0 bridgehead atoms. The fourth-order valence-electron chi connectivity index (χ4n) is 4.08. The molecule has 3 rings (SSSR count). The molecule has 2 aromatic rings. The number of carbonyl (C=O) groups excluding carboxylic acids is 1. The highest BCUT2D eigenvalue weighted by molar-refractivity contribution is 6.06. The molecule has 1 N–H and O–H groups in total. The average Bonchev–Trinajstić information content (AvgIpc) is 2.64. The lowest BCUT2D eigenvalue weighted by molar-refractivity contribution is -0.147. The summed E-state index contributed by atoms with van der Waals surface area (Å²) in [6.07, 6.45) is 3.75. The Morgan fingerprint density at radius 2 is 1.92 bits per heavy atom. The smallest absolute Gasteiger partial charge is 0.256 e. The van der Waals surface area contributed by atoms with Gasteiger partial charge < -0.3 is 14.8 Å². The SMILES string of the molecule is CCOc1ccc(NC(=O)C2(OCC)CCCC(C)C2)c2ccccc12. The van der Waals surface area contributed by atoms with E-state index in [-0.39, 0.29) is 5.91 Å². The molecular formula is C22H29NO3. The van der Waals surface area contributed by atoms with Crippen LogP contribution in [-0.2, 0) is 9.53 Å². The van der Waals surface area contributed by atoms with Gasteiger partial charge in [-0.15, -0.1) is 0 Å². The fourth-order valence-corrected chi connectivity index (χ4v) is 4.08. The number of anilines is 1. The second-order valence-corrected chi connectivity index (χ2v) is 7.17. The predicted octanol–water partition coefficient (Wildman–Crippen LogP) is 5.16. The number of nitrogens with one attached hydrogen (secondary N) is 1. The van der Waals surface area contributed by atoms with E-state index in [0.29, 0.717) is 19.1 Å². The van der Waals surface area contributed by atoms with Gasteiger partial charge in [0.15, 0.2) is 0 Å². The van der Waals surface area contributed by atoms with Crippen molar-refractivity contribution in [2.75, 3.05) is 18.5 Å². The third kappa shape index (κ3) is 3.70. The summed E-state index contributed by atoms with van der Waals surface area (Å²) in [6.45, 7) is 7.29. The molecule has 2 atom stereocenters.